The van der Waals surface area contributed by atoms with E-state index in [1.54, 1.807) is 12.3 Å². The average molecular weight is 256 g/mol. The number of hydrogen-bond donors (Lipinski definition) is 1. The molecule has 1 N–H and O–H groups in total. The molecule has 0 aromatic carbocycles. The van der Waals surface area contributed by atoms with Gasteiger partial charge in [-0.3, -0.25) is 4.79 Å². The van der Waals surface area contributed by atoms with Crippen LogP contribution in [0.3, 0.4) is 0 Å². The van der Waals surface area contributed by atoms with E-state index >= 15 is 0 Å². The summed E-state index contributed by atoms with van der Waals surface area (Å²) in [6.07, 6.45) is 5.96. The molecule has 2 unspecified atom stereocenters. The number of alkyl halides is 1. The van der Waals surface area contributed by atoms with Crippen LogP contribution in [0.5, 0.6) is 0 Å². The minimum atomic E-state index is -0.121. The summed E-state index contributed by atoms with van der Waals surface area (Å²) in [5.41, 5.74) is 0.876. The Morgan fingerprint density at radius 3 is 3.06 bits per heavy atom. The lowest BCUT2D eigenvalue weighted by molar-refractivity contribution is 0.0915. The molecule has 1 saturated carbocycles. The van der Waals surface area contributed by atoms with Crippen LogP contribution in [0.2, 0.25) is 0 Å². The molecule has 1 amide bonds. The highest BCUT2D eigenvalue weighted by atomic mass is 35.5. The zero-order valence-electron chi connectivity index (χ0n) is 10.0. The average Bonchev–Trinajstić information content (AvgIpc) is 2.72. The largest absolute Gasteiger partial charge is 0.459 e. The minimum Gasteiger partial charge on any atom is -0.459 e. The van der Waals surface area contributed by atoms with Gasteiger partial charge in [0, 0.05) is 17.5 Å². The SMILES string of the molecule is Cc1ccoc1C(=O)NCC1CCCC(Cl)C1. The molecule has 2 atom stereocenters. The monoisotopic (exact) mass is 255 g/mol. The third-order valence-electron chi connectivity index (χ3n) is 3.34. The lowest BCUT2D eigenvalue weighted by atomic mass is 9.89. The van der Waals surface area contributed by atoms with Gasteiger partial charge in [0.1, 0.15) is 0 Å². The van der Waals surface area contributed by atoms with Gasteiger partial charge in [0.15, 0.2) is 5.76 Å². The van der Waals surface area contributed by atoms with Crippen LogP contribution in [0.25, 0.3) is 0 Å². The topological polar surface area (TPSA) is 42.2 Å². The van der Waals surface area contributed by atoms with E-state index in [0.717, 1.165) is 31.2 Å². The van der Waals surface area contributed by atoms with E-state index < -0.39 is 0 Å². The van der Waals surface area contributed by atoms with Gasteiger partial charge in [0.05, 0.1) is 6.26 Å². The van der Waals surface area contributed by atoms with E-state index in [1.807, 2.05) is 6.92 Å². The van der Waals surface area contributed by atoms with Crippen LogP contribution < -0.4 is 5.32 Å². The summed E-state index contributed by atoms with van der Waals surface area (Å²) in [6.45, 7) is 2.57. The van der Waals surface area contributed by atoms with Crippen LogP contribution in [-0.4, -0.2) is 17.8 Å². The predicted molar refractivity (Wildman–Crippen MR) is 67.4 cm³/mol. The summed E-state index contributed by atoms with van der Waals surface area (Å²) in [5, 5.41) is 3.20. The highest BCUT2D eigenvalue weighted by molar-refractivity contribution is 6.20. The Morgan fingerprint density at radius 2 is 2.41 bits per heavy atom. The zero-order chi connectivity index (χ0) is 12.3. The summed E-state index contributed by atoms with van der Waals surface area (Å²) in [5.74, 6) is 0.804. The van der Waals surface area contributed by atoms with Gasteiger partial charge in [-0.15, -0.1) is 11.6 Å². The number of carbonyl (C=O) groups is 1. The second kappa shape index (κ2) is 5.58. The van der Waals surface area contributed by atoms with Crippen molar-refractivity contribution in [3.63, 3.8) is 0 Å². The van der Waals surface area contributed by atoms with Crippen molar-refractivity contribution >= 4 is 17.5 Å². The van der Waals surface area contributed by atoms with Crippen LogP contribution in [0.1, 0.15) is 41.8 Å². The molecule has 1 fully saturated rings. The first-order valence-electron chi connectivity index (χ1n) is 6.13. The molecule has 4 heteroatoms. The van der Waals surface area contributed by atoms with Crippen molar-refractivity contribution in [1.29, 1.82) is 0 Å². The second-order valence-corrected chi connectivity index (χ2v) is 5.39. The Hall–Kier alpha value is -0.960. The van der Waals surface area contributed by atoms with Gasteiger partial charge in [0.25, 0.3) is 5.91 Å². The van der Waals surface area contributed by atoms with Gasteiger partial charge in [-0.05, 0) is 38.2 Å². The fourth-order valence-corrected chi connectivity index (χ4v) is 2.74. The third kappa shape index (κ3) is 3.25. The Balaban J connectivity index is 1.82. The summed E-state index contributed by atoms with van der Waals surface area (Å²) < 4.78 is 5.15. The van der Waals surface area contributed by atoms with Gasteiger partial charge in [-0.25, -0.2) is 0 Å². The number of halogens is 1. The van der Waals surface area contributed by atoms with Gasteiger partial charge in [-0.1, -0.05) is 6.42 Å². The van der Waals surface area contributed by atoms with Gasteiger partial charge in [-0.2, -0.15) is 0 Å². The van der Waals surface area contributed by atoms with E-state index in [1.165, 1.54) is 0 Å². The maximum atomic E-state index is 11.8. The Kier molecular flexibility index (Phi) is 4.11. The lowest BCUT2D eigenvalue weighted by Crippen LogP contribution is -2.32. The number of hydrogen-bond acceptors (Lipinski definition) is 2. The molecule has 0 aliphatic heterocycles. The molecule has 0 saturated heterocycles. The van der Waals surface area contributed by atoms with E-state index in [-0.39, 0.29) is 11.3 Å². The van der Waals surface area contributed by atoms with Crippen LogP contribution in [-0.2, 0) is 0 Å². The van der Waals surface area contributed by atoms with E-state index in [0.29, 0.717) is 18.2 Å². The maximum absolute atomic E-state index is 11.8. The molecule has 1 aromatic heterocycles. The van der Waals surface area contributed by atoms with Crippen LogP contribution in [0.4, 0.5) is 0 Å². The number of carbonyl (C=O) groups excluding carboxylic acids is 1. The molecule has 1 heterocycles. The normalized spacial score (nSPS) is 24.6. The van der Waals surface area contributed by atoms with Crippen molar-refractivity contribution in [1.82, 2.24) is 5.32 Å². The van der Waals surface area contributed by atoms with Crippen molar-refractivity contribution in [3.05, 3.63) is 23.7 Å². The van der Waals surface area contributed by atoms with Crippen molar-refractivity contribution < 1.29 is 9.21 Å². The Labute approximate surface area is 107 Å². The molecular formula is C13H18ClNO2. The van der Waals surface area contributed by atoms with Crippen molar-refractivity contribution in [3.8, 4) is 0 Å². The smallest absolute Gasteiger partial charge is 0.287 e. The lowest BCUT2D eigenvalue weighted by Gasteiger charge is -2.25. The number of furan rings is 1. The molecule has 2 rings (SSSR count). The summed E-state index contributed by atoms with van der Waals surface area (Å²) in [6, 6.07) is 1.80. The van der Waals surface area contributed by atoms with Gasteiger partial charge in [0.2, 0.25) is 0 Å². The molecule has 1 aliphatic carbocycles. The molecule has 0 radical (unpaired) electrons. The first-order chi connectivity index (χ1) is 8.16. The molecule has 94 valence electrons. The molecule has 1 aliphatic rings. The Morgan fingerprint density at radius 1 is 1.59 bits per heavy atom. The van der Waals surface area contributed by atoms with E-state index in [4.69, 9.17) is 16.0 Å². The first-order valence-corrected chi connectivity index (χ1v) is 6.57. The van der Waals surface area contributed by atoms with Crippen molar-refractivity contribution in [2.75, 3.05) is 6.54 Å². The molecule has 1 aromatic rings. The van der Waals surface area contributed by atoms with E-state index in [2.05, 4.69) is 5.32 Å². The third-order valence-corrected chi connectivity index (χ3v) is 3.73. The Bertz CT molecular complexity index is 389. The fraction of sp³-hybridized carbons (Fsp3) is 0.615. The number of nitrogens with one attached hydrogen (secondary N) is 1. The van der Waals surface area contributed by atoms with Crippen LogP contribution in [0.15, 0.2) is 16.7 Å². The highest BCUT2D eigenvalue weighted by Crippen LogP contribution is 2.27. The number of rotatable bonds is 3. The minimum absolute atomic E-state index is 0.121. The molecule has 0 spiro atoms. The maximum Gasteiger partial charge on any atom is 0.287 e. The number of aryl methyl sites for hydroxylation is 1. The standard InChI is InChI=1S/C13H18ClNO2/c1-9-5-6-17-12(9)13(16)15-8-10-3-2-4-11(14)7-10/h5-6,10-11H,2-4,7-8H2,1H3,(H,15,16). The first kappa shape index (κ1) is 12.5. The molecule has 3 nitrogen and oxygen atoms in total. The van der Waals surface area contributed by atoms with Gasteiger partial charge >= 0.3 is 0 Å². The summed E-state index contributed by atoms with van der Waals surface area (Å²) >= 11 is 6.12. The molecule has 17 heavy (non-hydrogen) atoms. The van der Waals surface area contributed by atoms with Gasteiger partial charge < -0.3 is 9.73 Å². The summed E-state index contributed by atoms with van der Waals surface area (Å²) in [4.78, 5) is 11.8. The van der Waals surface area contributed by atoms with E-state index in [9.17, 15) is 4.79 Å². The van der Waals surface area contributed by atoms with Crippen molar-refractivity contribution in [2.24, 2.45) is 5.92 Å². The number of amides is 1. The molecule has 0 bridgehead atoms. The quantitative estimate of drug-likeness (QED) is 0.844. The second-order valence-electron chi connectivity index (χ2n) is 4.77. The highest BCUT2D eigenvalue weighted by Gasteiger charge is 2.21. The molecular weight excluding hydrogens is 238 g/mol. The predicted octanol–water partition coefficient (Wildman–Crippen LogP) is 3.12. The fourth-order valence-electron chi connectivity index (χ4n) is 2.33. The summed E-state index contributed by atoms with van der Waals surface area (Å²) in [7, 11) is 0. The van der Waals surface area contributed by atoms with Crippen LogP contribution >= 0.6 is 11.6 Å². The zero-order valence-corrected chi connectivity index (χ0v) is 10.8. The van der Waals surface area contributed by atoms with Crippen LogP contribution in [0, 0.1) is 12.8 Å². The van der Waals surface area contributed by atoms with Crippen molar-refractivity contribution in [2.45, 2.75) is 38.0 Å².